The number of carbonyl (C=O) groups excluding carboxylic acids is 4. The van der Waals surface area contributed by atoms with Crippen molar-refractivity contribution in [3.05, 3.63) is 55.8 Å². The third-order valence-corrected chi connectivity index (χ3v) is 9.77. The zero-order valence-corrected chi connectivity index (χ0v) is 45.6. The summed E-state index contributed by atoms with van der Waals surface area (Å²) in [5.41, 5.74) is -0.383. The number of esters is 4. The van der Waals surface area contributed by atoms with E-state index in [4.69, 9.17) is 57.4 Å². The zero-order chi connectivity index (χ0) is 45.9. The predicted octanol–water partition coefficient (Wildman–Crippen LogP) is 2.44. The molecule has 2 saturated heterocycles. The Morgan fingerprint density at radius 2 is 1.13 bits per heavy atom. The Morgan fingerprint density at radius 3 is 1.48 bits per heavy atom. The number of aromatic nitrogens is 4. The molecule has 2 aliphatic heterocycles. The molecule has 0 radical (unpaired) electrons. The number of rotatable bonds is 14. The van der Waals surface area contributed by atoms with Crippen LogP contribution in [0, 0.1) is 23.7 Å². The van der Waals surface area contributed by atoms with Gasteiger partial charge in [0, 0.05) is 18.5 Å². The predicted molar refractivity (Wildman–Crippen MR) is 229 cm³/mol. The van der Waals surface area contributed by atoms with E-state index < -0.39 is 126 Å². The van der Waals surface area contributed by atoms with Gasteiger partial charge in [-0.05, 0) is 6.07 Å². The SMILES string of the molecule is CC(C)C(=O)OC[C@@]1(CCl)O[C@@H](n2ccc(=O)[nH]c2=O)[C@H](F)[C@@H]1OC(=O)C(C)C.CC(C)C(=O)OC[C@@]1(CCl)O[C@@H](n2ccc(N)nc2=O)[C@H](F)[C@@H]1OC(=O)C(C)C.I.[K][K]. The molecule has 4 rings (SSSR count). The number of nitrogens with one attached hydrogen (secondary N) is 1. The van der Waals surface area contributed by atoms with Crippen molar-refractivity contribution in [3.63, 3.8) is 0 Å². The van der Waals surface area contributed by atoms with Crippen LogP contribution in [0.3, 0.4) is 0 Å². The van der Waals surface area contributed by atoms with Crippen molar-refractivity contribution in [1.29, 1.82) is 0 Å². The van der Waals surface area contributed by atoms with Crippen LogP contribution in [-0.2, 0) is 47.6 Å². The number of carbonyl (C=O) groups is 4. The van der Waals surface area contributed by atoms with Gasteiger partial charge in [0.25, 0.3) is 5.56 Å². The summed E-state index contributed by atoms with van der Waals surface area (Å²) in [4.78, 5) is 89.2. The molecule has 2 aliphatic rings. The Bertz CT molecular complexity index is 1980. The average molecular weight is 1070 g/mol. The van der Waals surface area contributed by atoms with Crippen molar-refractivity contribution in [2.75, 3.05) is 30.7 Å². The van der Waals surface area contributed by atoms with Crippen molar-refractivity contribution < 1.29 is 56.4 Å². The number of nitrogens with zero attached hydrogens (tertiary/aromatic N) is 3. The number of ether oxygens (including phenoxy) is 6. The maximum absolute atomic E-state index is 15.4. The van der Waals surface area contributed by atoms with E-state index in [0.29, 0.717) is 0 Å². The van der Waals surface area contributed by atoms with Gasteiger partial charge in [0.1, 0.15) is 19.0 Å². The third kappa shape index (κ3) is 15.3. The van der Waals surface area contributed by atoms with Crippen molar-refractivity contribution >= 4 is 140 Å². The first-order valence-corrected chi connectivity index (χ1v) is 36.3. The molecule has 0 spiro atoms. The quantitative estimate of drug-likeness (QED) is 0.0909. The standard InChI is InChI=1S/C18H25ClFN3O6.C18H24ClFN2O7.HI.2K/c1-9(2)15(24)27-8-18(7-19)13(28-16(25)10(3)4)12(20)14(29-18)23-6-5-11(21)22-17(23)26;1-9(2)15(24)27-8-18(7-19)13(28-16(25)10(3)4)12(20)14(29-18)22-6-5-11(23)21-17(22)26;;;/h5-6,9-10,12-14H,7-8H2,1-4H3,(H2,21,22,26);5-6,9-10,12-14H,7-8H2,1-4H3,(H,21,23,26);1H;;/t2*12-,13+,14-,18-;;;/m11.../s1. The summed E-state index contributed by atoms with van der Waals surface area (Å²) in [5, 5.41) is 0. The second-order valence-corrected chi connectivity index (χ2v) is 15.4. The molecule has 8 atom stereocenters. The van der Waals surface area contributed by atoms with Gasteiger partial charge in [-0.2, -0.15) is 4.98 Å². The van der Waals surface area contributed by atoms with E-state index in [1.54, 1.807) is 55.4 Å². The fraction of sp³-hybridized carbons (Fsp3) is 0.667. The van der Waals surface area contributed by atoms with Gasteiger partial charge in [-0.3, -0.25) is 38.1 Å². The molecule has 0 bridgehead atoms. The first-order valence-electron chi connectivity index (χ1n) is 19.2. The van der Waals surface area contributed by atoms with E-state index in [1.807, 2.05) is 4.98 Å². The monoisotopic (exact) mass is 1070 g/mol. The van der Waals surface area contributed by atoms with Gasteiger partial charge in [0.15, 0.2) is 48.2 Å². The van der Waals surface area contributed by atoms with Crippen molar-refractivity contribution in [1.82, 2.24) is 19.1 Å². The molecule has 3 N–H and O–H groups in total. The molecule has 18 nitrogen and oxygen atoms in total. The van der Waals surface area contributed by atoms with Crippen LogP contribution in [0.4, 0.5) is 14.6 Å². The molecule has 0 amide bonds. The van der Waals surface area contributed by atoms with E-state index in [-0.39, 0.29) is 41.6 Å². The molecular formula is C36H50Cl2F2IK2N5O13. The summed E-state index contributed by atoms with van der Waals surface area (Å²) < 4.78 is 64.9. The molecule has 25 heteroatoms. The second-order valence-electron chi connectivity index (χ2n) is 14.9. The number of alkyl halides is 4. The third-order valence-electron chi connectivity index (χ3n) is 8.86. The summed E-state index contributed by atoms with van der Waals surface area (Å²) >= 11 is 14.6. The second kappa shape index (κ2) is 26.7. The summed E-state index contributed by atoms with van der Waals surface area (Å²) in [6, 6.07) is 2.32. The number of anilines is 1. The van der Waals surface area contributed by atoms with E-state index in [2.05, 4.69) is 4.98 Å². The van der Waals surface area contributed by atoms with Crippen molar-refractivity contribution in [2.45, 2.75) is 104 Å². The Labute approximate surface area is 422 Å². The van der Waals surface area contributed by atoms with Crippen LogP contribution < -0.4 is 22.7 Å². The zero-order valence-electron chi connectivity index (χ0n) is 35.6. The molecule has 334 valence electrons. The molecule has 2 fully saturated rings. The van der Waals surface area contributed by atoms with Crippen LogP contribution in [0.1, 0.15) is 67.8 Å². The van der Waals surface area contributed by atoms with Gasteiger partial charge in [0.2, 0.25) is 0 Å². The van der Waals surface area contributed by atoms with Gasteiger partial charge < -0.3 is 34.2 Å². The van der Waals surface area contributed by atoms with Crippen LogP contribution >= 0.6 is 47.2 Å². The van der Waals surface area contributed by atoms with Crippen LogP contribution in [-0.4, -0.2) is 167 Å². The van der Waals surface area contributed by atoms with Gasteiger partial charge in [-0.15, -0.1) is 47.2 Å². The van der Waals surface area contributed by atoms with Crippen molar-refractivity contribution in [3.8, 4) is 0 Å². The Hall–Kier alpha value is -0.397. The summed E-state index contributed by atoms with van der Waals surface area (Å²) in [7, 11) is 0. The van der Waals surface area contributed by atoms with Crippen LogP contribution in [0.5, 0.6) is 0 Å². The van der Waals surface area contributed by atoms with Gasteiger partial charge >= 0.3 is 98.4 Å². The van der Waals surface area contributed by atoms with E-state index in [0.717, 1.165) is 21.4 Å². The van der Waals surface area contributed by atoms with E-state index in [9.17, 15) is 33.6 Å². The summed E-state index contributed by atoms with van der Waals surface area (Å²) in [6.45, 7) is 11.8. The molecule has 0 saturated carbocycles. The van der Waals surface area contributed by atoms with Crippen molar-refractivity contribution in [2.24, 2.45) is 23.7 Å². The van der Waals surface area contributed by atoms with Crippen LogP contribution in [0.25, 0.3) is 0 Å². The molecule has 0 aliphatic carbocycles. The molecular weight excluding hydrogens is 1020 g/mol. The maximum atomic E-state index is 15.4. The Balaban J connectivity index is 0.000000577. The number of nitrogens with two attached hydrogens (primary N) is 1. The number of H-pyrrole nitrogens is 1. The Morgan fingerprint density at radius 1 is 0.754 bits per heavy atom. The number of nitrogen functional groups attached to an aromatic ring is 1. The minimum absolute atomic E-state index is 0. The molecule has 61 heavy (non-hydrogen) atoms. The van der Waals surface area contributed by atoms with Gasteiger partial charge in [0.05, 0.1) is 35.4 Å². The number of halogens is 5. The number of hydrogen-bond donors (Lipinski definition) is 2. The molecule has 2 aromatic rings. The first kappa shape index (κ1) is 58.6. The van der Waals surface area contributed by atoms with Crippen LogP contribution in [0.2, 0.25) is 0 Å². The fourth-order valence-corrected chi connectivity index (χ4v) is 5.99. The molecule has 4 heterocycles. The Kier molecular flexibility index (Phi) is 25.6. The number of hydrogen-bond acceptors (Lipinski definition) is 15. The van der Waals surface area contributed by atoms with E-state index >= 15 is 8.78 Å². The van der Waals surface area contributed by atoms with E-state index in [1.165, 1.54) is 75.4 Å². The molecule has 0 aromatic carbocycles. The van der Waals surface area contributed by atoms with Gasteiger partial charge in [-0.1, -0.05) is 55.4 Å². The fourth-order valence-electron chi connectivity index (χ4n) is 5.40. The summed E-state index contributed by atoms with van der Waals surface area (Å²) in [6.07, 6.45) is -7.83. The topological polar surface area (TPSA) is 239 Å². The number of aromatic amines is 1. The van der Waals surface area contributed by atoms with Gasteiger partial charge in [-0.25, -0.2) is 18.4 Å². The minimum atomic E-state index is -2.02. The molecule has 0 unspecified atom stereocenters. The normalized spacial score (nSPS) is 25.5. The summed E-state index contributed by atoms with van der Waals surface area (Å²) in [5.74, 6) is -5.33. The first-order chi connectivity index (χ1) is 28.0. The molecule has 2 aromatic heterocycles. The van der Waals surface area contributed by atoms with Crippen LogP contribution in [0.15, 0.2) is 38.9 Å². The average Bonchev–Trinajstić information content (AvgIpc) is 3.62.